The van der Waals surface area contributed by atoms with E-state index in [0.29, 0.717) is 12.3 Å². The maximum Gasteiger partial charge on any atom is 0.224 e. The molecule has 98 valence electrons. The van der Waals surface area contributed by atoms with Gasteiger partial charge < -0.3 is 10.1 Å². The van der Waals surface area contributed by atoms with Crippen LogP contribution in [0.3, 0.4) is 0 Å². The molecule has 3 nitrogen and oxygen atoms in total. The van der Waals surface area contributed by atoms with Crippen LogP contribution >= 0.6 is 15.9 Å². The molecule has 0 saturated carbocycles. The van der Waals surface area contributed by atoms with E-state index in [1.165, 1.54) is 0 Å². The molecule has 0 radical (unpaired) electrons. The average molecular weight is 312 g/mol. The van der Waals surface area contributed by atoms with Gasteiger partial charge in [-0.3, -0.25) is 4.79 Å². The van der Waals surface area contributed by atoms with E-state index in [1.807, 2.05) is 25.1 Å². The molecule has 1 aromatic carbocycles. The molecule has 0 unspecified atom stereocenters. The minimum Gasteiger partial charge on any atom is -0.381 e. The van der Waals surface area contributed by atoms with E-state index >= 15 is 0 Å². The molecule has 1 aromatic rings. The first kappa shape index (κ1) is 13.6. The van der Waals surface area contributed by atoms with Crippen LogP contribution in [0.25, 0.3) is 0 Å². The Balaban J connectivity index is 1.88. The number of ether oxygens (including phenoxy) is 1. The van der Waals surface area contributed by atoms with Gasteiger partial charge in [0, 0.05) is 29.8 Å². The topological polar surface area (TPSA) is 38.3 Å². The summed E-state index contributed by atoms with van der Waals surface area (Å²) in [7, 11) is 0. The number of nitrogens with one attached hydrogen (secondary N) is 1. The van der Waals surface area contributed by atoms with E-state index in [1.54, 1.807) is 0 Å². The maximum atomic E-state index is 11.9. The third-order valence-corrected chi connectivity index (χ3v) is 4.15. The number of carbonyl (C=O) groups is 1. The van der Waals surface area contributed by atoms with E-state index in [0.717, 1.165) is 41.8 Å². The summed E-state index contributed by atoms with van der Waals surface area (Å²) < 4.78 is 6.35. The lowest BCUT2D eigenvalue weighted by atomic mass is 9.96. The second-order valence-electron chi connectivity index (χ2n) is 4.77. The lowest BCUT2D eigenvalue weighted by molar-refractivity contribution is -0.117. The fourth-order valence-corrected chi connectivity index (χ4v) is 2.39. The SMILES string of the molecule is Cc1cc(NC(=O)CC2CCOCC2)ccc1Br. The molecule has 1 aliphatic heterocycles. The highest BCUT2D eigenvalue weighted by Crippen LogP contribution is 2.22. The van der Waals surface area contributed by atoms with Crippen LogP contribution in [0.2, 0.25) is 0 Å². The number of benzene rings is 1. The van der Waals surface area contributed by atoms with Crippen LogP contribution in [-0.4, -0.2) is 19.1 Å². The first-order valence-electron chi connectivity index (χ1n) is 6.29. The molecular formula is C14H18BrNO2. The molecule has 1 heterocycles. The summed E-state index contributed by atoms with van der Waals surface area (Å²) in [5.41, 5.74) is 1.99. The van der Waals surface area contributed by atoms with Crippen LogP contribution in [0.5, 0.6) is 0 Å². The van der Waals surface area contributed by atoms with Gasteiger partial charge >= 0.3 is 0 Å². The van der Waals surface area contributed by atoms with Crippen LogP contribution in [0.4, 0.5) is 5.69 Å². The lowest BCUT2D eigenvalue weighted by Crippen LogP contribution is -2.22. The summed E-state index contributed by atoms with van der Waals surface area (Å²) in [5.74, 6) is 0.568. The number of rotatable bonds is 3. The number of aryl methyl sites for hydroxylation is 1. The molecule has 0 bridgehead atoms. The monoisotopic (exact) mass is 311 g/mol. The molecule has 0 spiro atoms. The molecule has 1 saturated heterocycles. The van der Waals surface area contributed by atoms with E-state index in [2.05, 4.69) is 21.2 Å². The van der Waals surface area contributed by atoms with Crippen molar-refractivity contribution in [1.29, 1.82) is 0 Å². The van der Waals surface area contributed by atoms with E-state index < -0.39 is 0 Å². The zero-order valence-electron chi connectivity index (χ0n) is 10.5. The Morgan fingerprint density at radius 2 is 2.17 bits per heavy atom. The van der Waals surface area contributed by atoms with Gasteiger partial charge in [-0.1, -0.05) is 15.9 Å². The molecular weight excluding hydrogens is 294 g/mol. The largest absolute Gasteiger partial charge is 0.381 e. The standard InChI is InChI=1S/C14H18BrNO2/c1-10-8-12(2-3-13(10)15)16-14(17)9-11-4-6-18-7-5-11/h2-3,8,11H,4-7,9H2,1H3,(H,16,17). The van der Waals surface area contributed by atoms with Crippen molar-refractivity contribution in [2.45, 2.75) is 26.2 Å². The summed E-state index contributed by atoms with van der Waals surface area (Å²) >= 11 is 3.45. The fraction of sp³-hybridized carbons (Fsp3) is 0.500. The van der Waals surface area contributed by atoms with Gasteiger partial charge in [-0.25, -0.2) is 0 Å². The summed E-state index contributed by atoms with van der Waals surface area (Å²) in [6.07, 6.45) is 2.58. The molecule has 1 N–H and O–H groups in total. The van der Waals surface area contributed by atoms with Crippen molar-refractivity contribution in [2.75, 3.05) is 18.5 Å². The number of anilines is 1. The fourth-order valence-electron chi connectivity index (χ4n) is 2.15. The van der Waals surface area contributed by atoms with Crippen molar-refractivity contribution >= 4 is 27.5 Å². The third kappa shape index (κ3) is 3.82. The van der Waals surface area contributed by atoms with Gasteiger partial charge in [0.25, 0.3) is 0 Å². The molecule has 1 fully saturated rings. The molecule has 18 heavy (non-hydrogen) atoms. The summed E-state index contributed by atoms with van der Waals surface area (Å²) in [4.78, 5) is 11.9. The van der Waals surface area contributed by atoms with Gasteiger partial charge in [-0.2, -0.15) is 0 Å². The van der Waals surface area contributed by atoms with Gasteiger partial charge in [-0.15, -0.1) is 0 Å². The Morgan fingerprint density at radius 1 is 1.44 bits per heavy atom. The first-order chi connectivity index (χ1) is 8.65. The number of carbonyl (C=O) groups excluding carboxylic acids is 1. The maximum absolute atomic E-state index is 11.9. The van der Waals surface area contributed by atoms with Gasteiger partial charge in [0.1, 0.15) is 0 Å². The van der Waals surface area contributed by atoms with Crippen LogP contribution in [0.15, 0.2) is 22.7 Å². The lowest BCUT2D eigenvalue weighted by Gasteiger charge is -2.21. The number of halogens is 1. The van der Waals surface area contributed by atoms with Crippen molar-refractivity contribution in [3.05, 3.63) is 28.2 Å². The van der Waals surface area contributed by atoms with Crippen LogP contribution in [-0.2, 0) is 9.53 Å². The molecule has 1 aliphatic rings. The van der Waals surface area contributed by atoms with Crippen LogP contribution in [0, 0.1) is 12.8 Å². The van der Waals surface area contributed by atoms with Gasteiger partial charge in [0.05, 0.1) is 0 Å². The second kappa shape index (κ2) is 6.34. The number of hydrogen-bond donors (Lipinski definition) is 1. The smallest absolute Gasteiger partial charge is 0.224 e. The predicted octanol–water partition coefficient (Wildman–Crippen LogP) is 3.51. The Labute approximate surface area is 116 Å². The van der Waals surface area contributed by atoms with Crippen molar-refractivity contribution in [2.24, 2.45) is 5.92 Å². The van der Waals surface area contributed by atoms with E-state index in [9.17, 15) is 4.79 Å². The molecule has 0 aromatic heterocycles. The van der Waals surface area contributed by atoms with Gasteiger partial charge in [0.2, 0.25) is 5.91 Å². The van der Waals surface area contributed by atoms with Crippen molar-refractivity contribution in [3.8, 4) is 0 Å². The predicted molar refractivity (Wildman–Crippen MR) is 75.7 cm³/mol. The highest BCUT2D eigenvalue weighted by Gasteiger charge is 2.17. The first-order valence-corrected chi connectivity index (χ1v) is 7.08. The quantitative estimate of drug-likeness (QED) is 0.927. The Morgan fingerprint density at radius 3 is 2.83 bits per heavy atom. The van der Waals surface area contributed by atoms with Crippen LogP contribution in [0.1, 0.15) is 24.8 Å². The normalized spacial score (nSPS) is 16.6. The zero-order chi connectivity index (χ0) is 13.0. The number of amides is 1. The average Bonchev–Trinajstić information content (AvgIpc) is 2.35. The zero-order valence-corrected chi connectivity index (χ0v) is 12.1. The molecule has 0 atom stereocenters. The summed E-state index contributed by atoms with van der Waals surface area (Å²) in [6, 6.07) is 5.85. The molecule has 2 rings (SSSR count). The minimum atomic E-state index is 0.101. The van der Waals surface area contributed by atoms with Crippen molar-refractivity contribution in [1.82, 2.24) is 0 Å². The third-order valence-electron chi connectivity index (χ3n) is 3.26. The van der Waals surface area contributed by atoms with E-state index in [4.69, 9.17) is 4.74 Å². The van der Waals surface area contributed by atoms with Gasteiger partial charge in [-0.05, 0) is 49.4 Å². The number of hydrogen-bond acceptors (Lipinski definition) is 2. The Bertz CT molecular complexity index is 428. The van der Waals surface area contributed by atoms with Gasteiger partial charge in [0.15, 0.2) is 0 Å². The van der Waals surface area contributed by atoms with Crippen LogP contribution < -0.4 is 5.32 Å². The molecule has 1 amide bonds. The van der Waals surface area contributed by atoms with E-state index in [-0.39, 0.29) is 5.91 Å². The summed E-state index contributed by atoms with van der Waals surface area (Å²) in [5, 5.41) is 2.96. The molecule has 4 heteroatoms. The van der Waals surface area contributed by atoms with Crippen molar-refractivity contribution in [3.63, 3.8) is 0 Å². The highest BCUT2D eigenvalue weighted by molar-refractivity contribution is 9.10. The second-order valence-corrected chi connectivity index (χ2v) is 5.63. The Hall–Kier alpha value is -0.870. The molecule has 0 aliphatic carbocycles. The highest BCUT2D eigenvalue weighted by atomic mass is 79.9. The Kier molecular flexibility index (Phi) is 4.78. The minimum absolute atomic E-state index is 0.101. The van der Waals surface area contributed by atoms with Crippen molar-refractivity contribution < 1.29 is 9.53 Å². The summed E-state index contributed by atoms with van der Waals surface area (Å²) in [6.45, 7) is 3.59.